The molecule has 0 spiro atoms. The average molecular weight is 456 g/mol. The fraction of sp³-hybridized carbons (Fsp3) is 0.421. The third-order valence-electron chi connectivity index (χ3n) is 5.38. The molecule has 8 nitrogen and oxygen atoms in total. The quantitative estimate of drug-likeness (QED) is 0.728. The van der Waals surface area contributed by atoms with Crippen LogP contribution < -0.4 is 15.2 Å². The molecule has 31 heavy (non-hydrogen) atoms. The summed E-state index contributed by atoms with van der Waals surface area (Å²) in [5, 5.41) is 4.28. The molecule has 0 saturated heterocycles. The molecule has 2 aromatic rings. The maximum absolute atomic E-state index is 12.7. The van der Waals surface area contributed by atoms with E-state index in [2.05, 4.69) is 9.82 Å². The van der Waals surface area contributed by atoms with Crippen LogP contribution >= 0.6 is 0 Å². The van der Waals surface area contributed by atoms with Gasteiger partial charge in [-0.15, -0.1) is 0 Å². The summed E-state index contributed by atoms with van der Waals surface area (Å²) in [6.07, 6.45) is -2.35. The number of hydrogen-bond acceptors (Lipinski definition) is 5. The molecule has 0 fully saturated rings. The molecule has 1 aromatic carbocycles. The summed E-state index contributed by atoms with van der Waals surface area (Å²) in [6, 6.07) is 5.15. The van der Waals surface area contributed by atoms with E-state index in [1.165, 1.54) is 22.9 Å². The number of carbonyl (C=O) groups is 1. The van der Waals surface area contributed by atoms with Crippen LogP contribution in [0.3, 0.4) is 0 Å². The van der Waals surface area contributed by atoms with E-state index in [0.717, 1.165) is 36.6 Å². The Kier molecular flexibility index (Phi) is 5.38. The van der Waals surface area contributed by atoms with Crippen LogP contribution in [0.5, 0.6) is 0 Å². The smallest absolute Gasteiger partial charge is 0.304 e. The summed E-state index contributed by atoms with van der Waals surface area (Å²) < 4.78 is 66.9. The molecule has 166 valence electrons. The van der Waals surface area contributed by atoms with E-state index >= 15 is 0 Å². The number of benzene rings is 1. The van der Waals surface area contributed by atoms with Crippen LogP contribution in [0.25, 0.3) is 0 Å². The van der Waals surface area contributed by atoms with Crippen molar-refractivity contribution in [2.75, 3.05) is 18.0 Å². The molecule has 0 bridgehead atoms. The number of halogens is 3. The zero-order valence-corrected chi connectivity index (χ0v) is 17.1. The van der Waals surface area contributed by atoms with Gasteiger partial charge in [-0.05, 0) is 55.0 Å². The highest BCUT2D eigenvalue weighted by Gasteiger charge is 2.44. The van der Waals surface area contributed by atoms with E-state index in [1.807, 2.05) is 0 Å². The minimum Gasteiger partial charge on any atom is -0.304 e. The van der Waals surface area contributed by atoms with Crippen molar-refractivity contribution in [3.8, 4) is 0 Å². The van der Waals surface area contributed by atoms with Gasteiger partial charge in [0.25, 0.3) is 5.56 Å². The fourth-order valence-corrected chi connectivity index (χ4v) is 4.95. The number of hydrogen-bond donors (Lipinski definition) is 1. The second kappa shape index (κ2) is 7.75. The largest absolute Gasteiger partial charge is 0.471 e. The van der Waals surface area contributed by atoms with Crippen molar-refractivity contribution in [3.63, 3.8) is 0 Å². The van der Waals surface area contributed by atoms with Crippen molar-refractivity contribution in [1.29, 1.82) is 0 Å². The van der Waals surface area contributed by atoms with Crippen LogP contribution in [-0.2, 0) is 40.6 Å². The van der Waals surface area contributed by atoms with E-state index in [4.69, 9.17) is 0 Å². The maximum Gasteiger partial charge on any atom is 0.471 e. The summed E-state index contributed by atoms with van der Waals surface area (Å²) in [5.74, 6) is -1.98. The summed E-state index contributed by atoms with van der Waals surface area (Å²) >= 11 is 0. The van der Waals surface area contributed by atoms with Crippen LogP contribution in [0.4, 0.5) is 18.9 Å². The van der Waals surface area contributed by atoms with Crippen molar-refractivity contribution >= 4 is 21.6 Å². The molecule has 12 heteroatoms. The van der Waals surface area contributed by atoms with Crippen LogP contribution in [0.2, 0.25) is 0 Å². The Morgan fingerprint density at radius 3 is 2.65 bits per heavy atom. The van der Waals surface area contributed by atoms with Gasteiger partial charge >= 0.3 is 12.1 Å². The molecule has 1 aliphatic heterocycles. The van der Waals surface area contributed by atoms with E-state index in [1.54, 1.807) is 0 Å². The van der Waals surface area contributed by atoms with Gasteiger partial charge in [-0.1, -0.05) is 0 Å². The average Bonchev–Trinajstić information content (AvgIpc) is 3.32. The van der Waals surface area contributed by atoms with Crippen molar-refractivity contribution < 1.29 is 26.4 Å². The second-order valence-electron chi connectivity index (χ2n) is 7.42. The number of nitrogens with one attached hydrogen (secondary N) is 1. The van der Waals surface area contributed by atoms with Gasteiger partial charge in [-0.25, -0.2) is 17.8 Å². The number of anilines is 1. The van der Waals surface area contributed by atoms with Gasteiger partial charge in [0, 0.05) is 24.8 Å². The first-order valence-electron chi connectivity index (χ1n) is 9.67. The van der Waals surface area contributed by atoms with Gasteiger partial charge < -0.3 is 4.90 Å². The van der Waals surface area contributed by atoms with Crippen molar-refractivity contribution in [1.82, 2.24) is 14.5 Å². The standard InChI is InChI=1S/C19H19F3N4O4S/c20-19(21,22)18(28)25-8-6-13-10-14(4-5-16(13)25)31(29,30)23-7-9-26-17(27)11-12-2-1-3-15(12)24-26/h4-5,10-11,23H,1-3,6-9H2. The van der Waals surface area contributed by atoms with Gasteiger partial charge in [0.15, 0.2) is 0 Å². The van der Waals surface area contributed by atoms with Gasteiger partial charge in [0.2, 0.25) is 10.0 Å². The highest BCUT2D eigenvalue weighted by Crippen LogP contribution is 2.33. The summed E-state index contributed by atoms with van der Waals surface area (Å²) in [5.41, 5.74) is 1.87. The van der Waals surface area contributed by atoms with Crippen molar-refractivity contribution in [2.45, 2.75) is 43.3 Å². The molecule has 1 aliphatic carbocycles. The third kappa shape index (κ3) is 4.22. The first-order chi connectivity index (χ1) is 14.6. The van der Waals surface area contributed by atoms with E-state index in [0.29, 0.717) is 10.5 Å². The molecule has 0 atom stereocenters. The lowest BCUT2D eigenvalue weighted by Crippen LogP contribution is -2.40. The molecule has 2 aliphatic rings. The molecule has 4 rings (SSSR count). The second-order valence-corrected chi connectivity index (χ2v) is 9.19. The number of nitrogens with zero attached hydrogens (tertiary/aromatic N) is 3. The van der Waals surface area contributed by atoms with E-state index < -0.39 is 22.1 Å². The summed E-state index contributed by atoms with van der Waals surface area (Å²) in [4.78, 5) is 24.1. The lowest BCUT2D eigenvalue weighted by atomic mass is 10.2. The zero-order chi connectivity index (χ0) is 22.4. The lowest BCUT2D eigenvalue weighted by molar-refractivity contribution is -0.170. The number of alkyl halides is 3. The fourth-order valence-electron chi connectivity index (χ4n) is 3.88. The normalized spacial score (nSPS) is 15.8. The Labute approximate surface area is 175 Å². The molecule has 2 heterocycles. The number of fused-ring (bicyclic) bond motifs is 2. The molecule has 0 radical (unpaired) electrons. The molecule has 0 saturated carbocycles. The Morgan fingerprint density at radius 1 is 1.13 bits per heavy atom. The molecule has 1 N–H and O–H groups in total. The molecule has 0 unspecified atom stereocenters. The number of aryl methyl sites for hydroxylation is 2. The topological polar surface area (TPSA) is 101 Å². The SMILES string of the molecule is O=C(N1CCc2cc(S(=O)(=O)NCCn3nc4c(cc3=O)CCC4)ccc21)C(F)(F)F. The van der Waals surface area contributed by atoms with Gasteiger partial charge in [0.1, 0.15) is 0 Å². The number of rotatable bonds is 5. The Hall–Kier alpha value is -2.73. The highest BCUT2D eigenvalue weighted by atomic mass is 32.2. The summed E-state index contributed by atoms with van der Waals surface area (Å²) in [7, 11) is -3.96. The Morgan fingerprint density at radius 2 is 1.90 bits per heavy atom. The number of amides is 1. The predicted octanol–water partition coefficient (Wildman–Crippen LogP) is 1.16. The van der Waals surface area contributed by atoms with Crippen molar-refractivity contribution in [3.05, 3.63) is 51.4 Å². The molecule has 1 amide bonds. The number of aromatic nitrogens is 2. The van der Waals surface area contributed by atoms with Crippen LogP contribution in [0, 0.1) is 0 Å². The Balaban J connectivity index is 1.45. The van der Waals surface area contributed by atoms with Gasteiger partial charge in [-0.3, -0.25) is 9.59 Å². The minimum absolute atomic E-state index is 0.0458. The predicted molar refractivity (Wildman–Crippen MR) is 104 cm³/mol. The molecular weight excluding hydrogens is 437 g/mol. The van der Waals surface area contributed by atoms with Crippen LogP contribution in [0.15, 0.2) is 34.0 Å². The van der Waals surface area contributed by atoms with Crippen LogP contribution in [0.1, 0.15) is 23.2 Å². The highest BCUT2D eigenvalue weighted by molar-refractivity contribution is 7.89. The first-order valence-corrected chi connectivity index (χ1v) is 11.2. The zero-order valence-electron chi connectivity index (χ0n) is 16.3. The van der Waals surface area contributed by atoms with E-state index in [9.17, 15) is 31.2 Å². The summed E-state index contributed by atoms with van der Waals surface area (Å²) in [6.45, 7) is -0.203. The van der Waals surface area contributed by atoms with Gasteiger partial charge in [-0.2, -0.15) is 18.3 Å². The minimum atomic E-state index is -5.00. The van der Waals surface area contributed by atoms with Crippen molar-refractivity contribution in [2.24, 2.45) is 0 Å². The maximum atomic E-state index is 12.7. The number of sulfonamides is 1. The lowest BCUT2D eigenvalue weighted by Gasteiger charge is -2.19. The number of carbonyl (C=O) groups excluding carboxylic acids is 1. The molecular formula is C19H19F3N4O4S. The first kappa shape index (κ1) is 21.5. The van der Waals surface area contributed by atoms with Gasteiger partial charge in [0.05, 0.1) is 17.1 Å². The molecule has 1 aromatic heterocycles. The van der Waals surface area contributed by atoms with Crippen LogP contribution in [-0.4, -0.2) is 43.4 Å². The Bertz CT molecular complexity index is 1210. The third-order valence-corrected chi connectivity index (χ3v) is 6.84. The monoisotopic (exact) mass is 456 g/mol. The van der Waals surface area contributed by atoms with E-state index in [-0.39, 0.29) is 42.2 Å².